The van der Waals surface area contributed by atoms with Gasteiger partial charge in [0.25, 0.3) is 0 Å². The van der Waals surface area contributed by atoms with Gasteiger partial charge in [-0.05, 0) is 79.2 Å². The van der Waals surface area contributed by atoms with Gasteiger partial charge in [-0.2, -0.15) is 0 Å². The highest BCUT2D eigenvalue weighted by atomic mass is 16.4. The standard InChI is InChI=1S/C57H87N9O10/c1-11-36(9)46(58)54(72)62-41(30-34(5)6)51(69)63-47(35(7)8)56(74)66-28-20-26-45(66)55(73)65-27-19-25-44(65)53(71)61-43(32-39-23-17-14-18-24-39)50(68)60-42(31-38-21-15-13-16-22-38)49(67)59-40(29-33(3)4)52(70)64-48(57(75)76)37(10)12-2/h13-18,21-24,33-37,40-48H,11-12,19-20,25-32,58H2,1-10H3,(H,59,67)(H,60,68)(H,61,71)(H,62,72)(H,63,69)(H,64,70)(H,75,76)/t36-,37-,40-,41-,42-,43-,44-,45-,46-,47-,48-/m0/s1. The van der Waals surface area contributed by atoms with Gasteiger partial charge in [-0.3, -0.25) is 38.4 Å². The highest BCUT2D eigenvalue weighted by Crippen LogP contribution is 2.27. The van der Waals surface area contributed by atoms with Crippen molar-refractivity contribution >= 4 is 53.2 Å². The van der Waals surface area contributed by atoms with Crippen LogP contribution in [0.5, 0.6) is 0 Å². The van der Waals surface area contributed by atoms with Gasteiger partial charge in [0.2, 0.25) is 47.3 Å². The van der Waals surface area contributed by atoms with Crippen molar-refractivity contribution in [3.05, 3.63) is 71.8 Å². The number of rotatable bonds is 28. The van der Waals surface area contributed by atoms with E-state index in [-0.39, 0.29) is 56.5 Å². The van der Waals surface area contributed by atoms with E-state index in [1.807, 2.05) is 60.6 Å². The number of nitrogens with zero attached hydrogens (tertiary/aromatic N) is 2. The highest BCUT2D eigenvalue weighted by molar-refractivity contribution is 5.98. The first-order valence-electron chi connectivity index (χ1n) is 27.5. The third kappa shape index (κ3) is 17.9. The SMILES string of the molecule is CC[C@H](C)[C@H](N)C(=O)N[C@@H](CC(C)C)C(=O)N[C@H](C(=O)N1CCC[C@H]1C(=O)N1CCC[C@H]1C(=O)N[C@@H](Cc1ccccc1)C(=O)N[C@@H](Cc1ccccc1)C(=O)N[C@@H](CC(C)C)C(=O)N[C@H](C(=O)O)[C@@H](C)CC)C(C)C. The number of likely N-dealkylation sites (tertiary alicyclic amines) is 2. The summed E-state index contributed by atoms with van der Waals surface area (Å²) in [5, 5.41) is 26.8. The molecule has 2 saturated heterocycles. The second-order valence-electron chi connectivity index (χ2n) is 22.1. The van der Waals surface area contributed by atoms with Crippen LogP contribution in [0, 0.1) is 29.6 Å². The van der Waals surface area contributed by atoms with Crippen LogP contribution in [0.25, 0.3) is 0 Å². The molecule has 2 aliphatic heterocycles. The van der Waals surface area contributed by atoms with Crippen LogP contribution in [-0.2, 0) is 56.0 Å². The third-order valence-corrected chi connectivity index (χ3v) is 14.7. The molecule has 4 rings (SSSR count). The Kier molecular flexibility index (Phi) is 24.4. The molecule has 2 fully saturated rings. The summed E-state index contributed by atoms with van der Waals surface area (Å²) in [5.74, 6) is -6.69. The first-order chi connectivity index (χ1) is 36.0. The number of amides is 8. The minimum atomic E-state index is -1.25. The number of nitrogens with one attached hydrogen (secondary N) is 6. The largest absolute Gasteiger partial charge is 0.480 e. The molecule has 420 valence electrons. The molecule has 0 aliphatic carbocycles. The molecule has 76 heavy (non-hydrogen) atoms. The first kappa shape index (κ1) is 62.2. The Hall–Kier alpha value is -6.37. The van der Waals surface area contributed by atoms with E-state index in [2.05, 4.69) is 31.9 Å². The molecule has 19 nitrogen and oxygen atoms in total. The van der Waals surface area contributed by atoms with Gasteiger partial charge >= 0.3 is 5.97 Å². The summed E-state index contributed by atoms with van der Waals surface area (Å²) >= 11 is 0. The Labute approximate surface area is 449 Å². The maximum Gasteiger partial charge on any atom is 0.326 e. The Morgan fingerprint density at radius 2 is 0.961 bits per heavy atom. The normalized spacial score (nSPS) is 19.1. The molecule has 0 spiro atoms. The van der Waals surface area contributed by atoms with Crippen LogP contribution in [0.2, 0.25) is 0 Å². The predicted octanol–water partition coefficient (Wildman–Crippen LogP) is 3.61. The lowest BCUT2D eigenvalue weighted by atomic mass is 9.97. The number of benzene rings is 2. The number of hydrogen-bond donors (Lipinski definition) is 8. The molecule has 0 radical (unpaired) electrons. The van der Waals surface area contributed by atoms with Crippen LogP contribution < -0.4 is 37.6 Å². The Morgan fingerprint density at radius 3 is 1.42 bits per heavy atom. The maximum atomic E-state index is 14.7. The zero-order valence-electron chi connectivity index (χ0n) is 46.4. The van der Waals surface area contributed by atoms with Gasteiger partial charge in [0.05, 0.1) is 6.04 Å². The fraction of sp³-hybridized carbons (Fsp3) is 0.632. The van der Waals surface area contributed by atoms with Crippen molar-refractivity contribution in [3.8, 4) is 0 Å². The molecule has 0 bridgehead atoms. The molecule has 2 heterocycles. The van der Waals surface area contributed by atoms with E-state index in [1.54, 1.807) is 69.3 Å². The molecule has 9 N–H and O–H groups in total. The van der Waals surface area contributed by atoms with Crippen LogP contribution in [0.1, 0.15) is 132 Å². The Morgan fingerprint density at radius 1 is 0.539 bits per heavy atom. The molecular weight excluding hydrogens is 971 g/mol. The van der Waals surface area contributed by atoms with Gasteiger partial charge in [0.15, 0.2) is 0 Å². The molecule has 2 aromatic rings. The van der Waals surface area contributed by atoms with E-state index in [4.69, 9.17) is 5.73 Å². The highest BCUT2D eigenvalue weighted by Gasteiger charge is 2.45. The summed E-state index contributed by atoms with van der Waals surface area (Å²) in [6.07, 6.45) is 3.26. The topological polar surface area (TPSA) is 279 Å². The van der Waals surface area contributed by atoms with E-state index >= 15 is 0 Å². The van der Waals surface area contributed by atoms with Crippen molar-refractivity contribution in [2.24, 2.45) is 35.3 Å². The van der Waals surface area contributed by atoms with Crippen molar-refractivity contribution < 1.29 is 48.3 Å². The van der Waals surface area contributed by atoms with Crippen LogP contribution >= 0.6 is 0 Å². The van der Waals surface area contributed by atoms with E-state index < -0.39 is 119 Å². The summed E-state index contributed by atoms with van der Waals surface area (Å²) in [7, 11) is 0. The van der Waals surface area contributed by atoms with Crippen molar-refractivity contribution in [2.75, 3.05) is 13.1 Å². The average Bonchev–Trinajstić information content (AvgIpc) is 4.09. The summed E-state index contributed by atoms with van der Waals surface area (Å²) in [4.78, 5) is 129. The molecule has 2 aromatic carbocycles. The number of nitrogens with two attached hydrogens (primary N) is 1. The lowest BCUT2D eigenvalue weighted by Gasteiger charge is -2.34. The van der Waals surface area contributed by atoms with Crippen molar-refractivity contribution in [1.29, 1.82) is 0 Å². The van der Waals surface area contributed by atoms with Gasteiger partial charge in [-0.1, -0.05) is 143 Å². The molecule has 11 atom stereocenters. The number of carbonyl (C=O) groups is 9. The molecule has 0 saturated carbocycles. The number of carbonyl (C=O) groups excluding carboxylic acids is 8. The Balaban J connectivity index is 1.57. The fourth-order valence-electron chi connectivity index (χ4n) is 9.78. The molecular formula is C57H87N9O10. The van der Waals surface area contributed by atoms with Gasteiger partial charge in [-0.15, -0.1) is 0 Å². The first-order valence-corrected chi connectivity index (χ1v) is 27.5. The van der Waals surface area contributed by atoms with E-state index in [0.717, 1.165) is 0 Å². The Bertz CT molecular complexity index is 2280. The number of aliphatic carboxylic acids is 1. The second kappa shape index (κ2) is 29.8. The van der Waals surface area contributed by atoms with Crippen molar-refractivity contribution in [1.82, 2.24) is 41.7 Å². The average molecular weight is 1060 g/mol. The van der Waals surface area contributed by atoms with E-state index in [0.29, 0.717) is 49.7 Å². The quantitative estimate of drug-likeness (QED) is 0.0610. The van der Waals surface area contributed by atoms with Crippen molar-refractivity contribution in [3.63, 3.8) is 0 Å². The zero-order chi connectivity index (χ0) is 56.4. The summed E-state index contributed by atoms with van der Waals surface area (Å²) in [5.41, 5.74) is 7.61. The van der Waals surface area contributed by atoms with Gasteiger partial charge in [-0.25, -0.2) is 4.79 Å². The van der Waals surface area contributed by atoms with Crippen LogP contribution in [0.4, 0.5) is 0 Å². The molecule has 0 unspecified atom stereocenters. The number of carboxylic acids is 1. The van der Waals surface area contributed by atoms with Gasteiger partial charge in [0.1, 0.15) is 48.3 Å². The second-order valence-corrected chi connectivity index (χ2v) is 22.1. The summed E-state index contributed by atoms with van der Waals surface area (Å²) in [6, 6.07) is 8.42. The molecule has 8 amide bonds. The van der Waals surface area contributed by atoms with Crippen LogP contribution in [-0.4, -0.2) is 136 Å². The van der Waals surface area contributed by atoms with E-state index in [1.165, 1.54) is 9.80 Å². The molecule has 0 aromatic heterocycles. The van der Waals surface area contributed by atoms with E-state index in [9.17, 15) is 48.3 Å². The van der Waals surface area contributed by atoms with Crippen molar-refractivity contribution in [2.45, 2.75) is 188 Å². The fourth-order valence-corrected chi connectivity index (χ4v) is 9.78. The predicted molar refractivity (Wildman–Crippen MR) is 290 cm³/mol. The molecule has 19 heteroatoms. The summed E-state index contributed by atoms with van der Waals surface area (Å²) < 4.78 is 0. The third-order valence-electron chi connectivity index (χ3n) is 14.7. The lowest BCUT2D eigenvalue weighted by molar-refractivity contribution is -0.148. The molecule has 2 aliphatic rings. The monoisotopic (exact) mass is 1060 g/mol. The lowest BCUT2D eigenvalue weighted by Crippen LogP contribution is -2.61. The zero-order valence-corrected chi connectivity index (χ0v) is 46.4. The smallest absolute Gasteiger partial charge is 0.326 e. The van der Waals surface area contributed by atoms with Gasteiger partial charge in [0, 0.05) is 25.9 Å². The number of carboxylic acid groups (broad SMARTS) is 1. The minimum Gasteiger partial charge on any atom is -0.480 e. The van der Waals surface area contributed by atoms with Gasteiger partial charge < -0.3 is 52.5 Å². The summed E-state index contributed by atoms with van der Waals surface area (Å²) in [6.45, 7) is 18.9. The number of hydrogen-bond acceptors (Lipinski definition) is 10. The minimum absolute atomic E-state index is 0.0100. The van der Waals surface area contributed by atoms with Crippen LogP contribution in [0.3, 0.4) is 0 Å². The van der Waals surface area contributed by atoms with Crippen LogP contribution in [0.15, 0.2) is 60.7 Å². The maximum absolute atomic E-state index is 14.7.